The van der Waals surface area contributed by atoms with Crippen LogP contribution in [0.5, 0.6) is 0 Å². The molecule has 35 heteroatoms. The van der Waals surface area contributed by atoms with Crippen molar-refractivity contribution in [3.63, 3.8) is 0 Å². The van der Waals surface area contributed by atoms with Crippen LogP contribution in [-0.2, 0) is 0 Å². The minimum Gasteiger partial charge on any atom is -0.368 e. The van der Waals surface area contributed by atoms with Gasteiger partial charge in [0.25, 0.3) is 0 Å². The number of nitrogens with zero attached hydrogens (tertiary/aromatic N) is 20. The van der Waals surface area contributed by atoms with Crippen LogP contribution in [0.2, 0.25) is 15.1 Å². The normalized spacial score (nSPS) is 11.2. The summed E-state index contributed by atoms with van der Waals surface area (Å²) in [6.45, 7) is 4.13. The van der Waals surface area contributed by atoms with Crippen LogP contribution in [-0.4, -0.2) is 105 Å². The molecule has 0 spiro atoms. The van der Waals surface area contributed by atoms with Crippen LogP contribution in [0.3, 0.4) is 0 Å². The first-order valence-electron chi connectivity index (χ1n) is 37.5. The fourth-order valence-corrected chi connectivity index (χ4v) is 13.5. The maximum absolute atomic E-state index is 12.8. The fourth-order valence-electron chi connectivity index (χ4n) is 11.1. The van der Waals surface area contributed by atoms with Gasteiger partial charge < -0.3 is 34.4 Å². The predicted octanol–water partition coefficient (Wildman–Crippen LogP) is 20.1. The molecule has 0 aliphatic rings. The van der Waals surface area contributed by atoms with Gasteiger partial charge in [-0.25, -0.2) is 71.1 Å². The summed E-state index contributed by atoms with van der Waals surface area (Å²) in [6.07, 6.45) is 27.4. The Balaban J connectivity index is 0.000000129. The summed E-state index contributed by atoms with van der Waals surface area (Å²) in [6, 6.07) is 62.0. The van der Waals surface area contributed by atoms with E-state index in [1.165, 1.54) is 60.7 Å². The van der Waals surface area contributed by atoms with Crippen LogP contribution in [0.25, 0.3) is 66.9 Å². The number of imidazole rings is 6. The zero-order chi connectivity index (χ0) is 87.6. The molecule has 0 aliphatic carbocycles. The van der Waals surface area contributed by atoms with Crippen LogP contribution < -0.4 is 34.4 Å². The molecule has 0 saturated heterocycles. The largest absolute Gasteiger partial charge is 0.368 e. The molecule has 26 nitrogen and oxygen atoms in total. The number of anilines is 6. The Morgan fingerprint density at radius 1 is 0.320 bits per heavy atom. The highest BCUT2D eigenvalue weighted by molar-refractivity contribution is 7.13. The first-order chi connectivity index (χ1) is 60.6. The molecule has 125 heavy (non-hydrogen) atoms. The molecule has 0 amide bonds. The van der Waals surface area contributed by atoms with Gasteiger partial charge in [0.1, 0.15) is 23.1 Å². The van der Waals surface area contributed by atoms with Crippen molar-refractivity contribution in [1.29, 1.82) is 0 Å². The fraction of sp³-hybridized carbons (Fsp3) is 0.0222. The van der Waals surface area contributed by atoms with E-state index in [0.29, 0.717) is 50.5 Å². The third-order valence-electron chi connectivity index (χ3n) is 17.5. The van der Waals surface area contributed by atoms with Gasteiger partial charge >= 0.3 is 0 Å². The molecule has 11 heterocycles. The van der Waals surface area contributed by atoms with E-state index in [-0.39, 0.29) is 23.4 Å². The predicted molar refractivity (Wildman–Crippen MR) is 503 cm³/mol. The molecule has 7 aromatic carbocycles. The second kappa shape index (κ2) is 42.8. The summed E-state index contributed by atoms with van der Waals surface area (Å²) in [5.74, 6) is 1.09. The van der Waals surface area contributed by atoms with Gasteiger partial charge in [-0.2, -0.15) is 53.3 Å². The first-order valence-corrected chi connectivity index (χ1v) is 41.4. The van der Waals surface area contributed by atoms with Crippen LogP contribution in [0.15, 0.2) is 332 Å². The molecule has 0 atom stereocenters. The van der Waals surface area contributed by atoms with Crippen molar-refractivity contribution >= 4 is 142 Å². The number of nitrogen functional groups attached to an aromatic ring is 6. The monoisotopic (exact) mass is 1780 g/mol. The van der Waals surface area contributed by atoms with E-state index in [0.717, 1.165) is 100 Å². The Kier molecular flexibility index (Phi) is 29.9. The highest BCUT2D eigenvalue weighted by Gasteiger charge is 2.14. The molecule has 0 saturated carbocycles. The van der Waals surface area contributed by atoms with E-state index in [2.05, 4.69) is 103 Å². The maximum atomic E-state index is 12.8. The Bertz CT molecular complexity index is 6230. The molecule has 0 aliphatic heterocycles. The minimum atomic E-state index is -0.284. The molecule has 18 rings (SSSR count). The zero-order valence-electron chi connectivity index (χ0n) is 66.2. The molecule has 0 bridgehead atoms. The Hall–Kier alpha value is -15.3. The number of rotatable bonds is 18. The maximum Gasteiger partial charge on any atom is 0.221 e. The lowest BCUT2D eigenvalue weighted by Crippen LogP contribution is -1.96. The number of hydrogen-bond donors (Lipinski definition) is 6. The van der Waals surface area contributed by atoms with Crippen molar-refractivity contribution in [3.05, 3.63) is 378 Å². The van der Waals surface area contributed by atoms with Crippen molar-refractivity contribution in [2.24, 2.45) is 30.6 Å². The van der Waals surface area contributed by atoms with Crippen LogP contribution in [0, 0.1) is 31.3 Å². The standard InChI is InChI=1S/C18H17ClN4.C15H12ClN5.C15H12FN5.C14H11ClN4S.2C14H11FN4S/c1-12-3-8-16(13(2)9-12)17-11-23(18(20)22-17)21-10-14-4-6-15(19)7-5-14;2*16-13-5-3-11(4-6-13)8-19-21-10-14(20-15(21)17)12-2-1-7-18-9-12;2*15-12-3-1-10(2-4-12)7-17-19-8-13(18-14(19)16)11-5-6-20-9-11;15-11-5-3-10(4-6-11)8-17-19-9-12(18-14(19)16)13-2-1-7-20-13/h3-11H,1-2H3,(H2,20,22);2*1-10H,(H2,17,20);3*1-9H,(H2,16,18)/b21-10-;2*19-8-;2*17-7-;17-8-. The van der Waals surface area contributed by atoms with E-state index in [4.69, 9.17) is 69.2 Å². The van der Waals surface area contributed by atoms with E-state index < -0.39 is 0 Å². The average Bonchev–Trinajstić information content (AvgIpc) is 1.70. The van der Waals surface area contributed by atoms with E-state index in [1.54, 1.807) is 179 Å². The van der Waals surface area contributed by atoms with Gasteiger partial charge in [0.2, 0.25) is 35.7 Å². The number of aromatic nitrogens is 14. The minimum absolute atomic E-state index is 0.271. The van der Waals surface area contributed by atoms with Gasteiger partial charge in [-0.15, -0.1) is 11.3 Å². The second-order valence-electron chi connectivity index (χ2n) is 26.6. The highest BCUT2D eigenvalue weighted by Crippen LogP contribution is 2.29. The van der Waals surface area contributed by atoms with Crippen molar-refractivity contribution in [1.82, 2.24) is 67.9 Å². The number of aryl methyl sites for hydroxylation is 2. The van der Waals surface area contributed by atoms with Gasteiger partial charge in [-0.3, -0.25) is 9.97 Å². The summed E-state index contributed by atoms with van der Waals surface area (Å²) in [5, 5.41) is 37.7. The molecule has 624 valence electrons. The zero-order valence-corrected chi connectivity index (χ0v) is 70.9. The number of hydrogen-bond acceptors (Lipinski definition) is 23. The van der Waals surface area contributed by atoms with Gasteiger partial charge in [0.15, 0.2) is 0 Å². The molecular weight excluding hydrogens is 1700 g/mol. The lowest BCUT2D eigenvalue weighted by atomic mass is 10.0. The third kappa shape index (κ3) is 25.4. The third-order valence-corrected chi connectivity index (χ3v) is 20.5. The lowest BCUT2D eigenvalue weighted by Gasteiger charge is -2.02. The Labute approximate surface area is 741 Å². The van der Waals surface area contributed by atoms with Crippen LogP contribution in [0.4, 0.5) is 48.9 Å². The SMILES string of the molecule is Cc1ccc(-c2cn(/N=C\c3ccc(Cl)cc3)c(N)n2)c(C)c1.Nc1nc(-c2cccnc2)cn1/N=C\c1ccc(Cl)cc1.Nc1nc(-c2cccnc2)cn1/N=C\c1ccc(F)cc1.Nc1nc(-c2cccs2)cn1/N=C\c1ccc(F)cc1.Nc1nc(-c2ccsc2)cn1/N=C\c1ccc(Cl)cc1.Nc1nc(-c2ccsc2)cn1/N=C\c1ccc(F)cc1. The smallest absolute Gasteiger partial charge is 0.221 e. The molecule has 0 radical (unpaired) electrons. The van der Waals surface area contributed by atoms with E-state index >= 15 is 0 Å². The second-order valence-corrected chi connectivity index (χ2v) is 30.4. The quantitative estimate of drug-likeness (QED) is 0.0435. The summed E-state index contributed by atoms with van der Waals surface area (Å²) in [7, 11) is 0. The Morgan fingerprint density at radius 2 is 0.616 bits per heavy atom. The number of benzene rings is 7. The number of nitrogens with two attached hydrogens (primary N) is 6. The summed E-state index contributed by atoms with van der Waals surface area (Å²) in [4.78, 5) is 34.8. The lowest BCUT2D eigenvalue weighted by molar-refractivity contribution is 0.627. The average molecular weight is 1780 g/mol. The Morgan fingerprint density at radius 3 is 0.904 bits per heavy atom. The molecule has 18 aromatic rings. The van der Waals surface area contributed by atoms with Gasteiger partial charge in [0.05, 0.1) is 108 Å². The van der Waals surface area contributed by atoms with Gasteiger partial charge in [0, 0.05) is 78.4 Å². The van der Waals surface area contributed by atoms with Crippen molar-refractivity contribution in [2.75, 3.05) is 34.4 Å². The summed E-state index contributed by atoms with van der Waals surface area (Å²) in [5.41, 5.74) is 52.2. The molecule has 0 unspecified atom stereocenters. The van der Waals surface area contributed by atoms with Crippen molar-refractivity contribution < 1.29 is 13.2 Å². The first kappa shape index (κ1) is 87.5. The summed E-state index contributed by atoms with van der Waals surface area (Å²) >= 11 is 22.4. The van der Waals surface area contributed by atoms with Crippen molar-refractivity contribution in [3.8, 4) is 66.9 Å². The van der Waals surface area contributed by atoms with Crippen molar-refractivity contribution in [2.45, 2.75) is 13.8 Å². The molecule has 0 fully saturated rings. The number of pyridine rings is 2. The van der Waals surface area contributed by atoms with E-state index in [9.17, 15) is 13.2 Å². The number of thiophene rings is 3. The van der Waals surface area contributed by atoms with Crippen LogP contribution in [0.1, 0.15) is 44.5 Å². The number of halogens is 6. The highest BCUT2D eigenvalue weighted by atomic mass is 35.5. The van der Waals surface area contributed by atoms with Gasteiger partial charge in [-0.1, -0.05) is 137 Å². The van der Waals surface area contributed by atoms with Gasteiger partial charge in [-0.05, 0) is 184 Å². The molecule has 11 aromatic heterocycles. The topological polar surface area (TPSA) is 363 Å². The summed E-state index contributed by atoms with van der Waals surface area (Å²) < 4.78 is 47.5. The van der Waals surface area contributed by atoms with E-state index in [1.807, 2.05) is 148 Å². The molecule has 12 N–H and O–H groups in total. The van der Waals surface area contributed by atoms with Crippen LogP contribution >= 0.6 is 68.8 Å². The molecular formula is C90H74Cl3F3N26S3.